The molecule has 2 fully saturated rings. The van der Waals surface area contributed by atoms with Gasteiger partial charge >= 0.3 is 0 Å². The topological polar surface area (TPSA) is 57.2 Å². The van der Waals surface area contributed by atoms with Crippen LogP contribution in [0.4, 0.5) is 0 Å². The van der Waals surface area contributed by atoms with E-state index in [0.717, 1.165) is 18.3 Å². The van der Waals surface area contributed by atoms with Gasteiger partial charge in [0.15, 0.2) is 0 Å². The summed E-state index contributed by atoms with van der Waals surface area (Å²) < 4.78 is 0. The third-order valence-corrected chi connectivity index (χ3v) is 5.53. The zero-order valence-corrected chi connectivity index (χ0v) is 14.5. The van der Waals surface area contributed by atoms with Crippen molar-refractivity contribution in [2.24, 2.45) is 11.1 Å². The fourth-order valence-corrected chi connectivity index (χ4v) is 3.88. The Morgan fingerprint density at radius 2 is 1.91 bits per heavy atom. The Morgan fingerprint density at radius 3 is 2.52 bits per heavy atom. The average molecular weight is 322 g/mol. The van der Waals surface area contributed by atoms with E-state index in [9.17, 15) is 4.79 Å². The third kappa shape index (κ3) is 4.44. The first-order chi connectivity index (χ1) is 11.1. The van der Waals surface area contributed by atoms with Crippen LogP contribution in [-0.4, -0.2) is 73.3 Å². The first-order valence-corrected chi connectivity index (χ1v) is 9.01. The summed E-state index contributed by atoms with van der Waals surface area (Å²) >= 11 is 0. The van der Waals surface area contributed by atoms with Crippen molar-refractivity contribution in [3.63, 3.8) is 0 Å². The molecule has 23 heavy (non-hydrogen) atoms. The summed E-state index contributed by atoms with van der Waals surface area (Å²) in [5.41, 5.74) is 0.900. The van der Waals surface area contributed by atoms with Gasteiger partial charge in [-0.3, -0.25) is 4.79 Å². The Morgan fingerprint density at radius 1 is 1.22 bits per heavy atom. The van der Waals surface area contributed by atoms with E-state index in [4.69, 9.17) is 4.84 Å². The van der Waals surface area contributed by atoms with Gasteiger partial charge in [0.1, 0.15) is 0 Å². The van der Waals surface area contributed by atoms with E-state index in [1.54, 1.807) is 0 Å². The molecule has 6 nitrogen and oxygen atoms in total. The highest BCUT2D eigenvalue weighted by Crippen LogP contribution is 2.23. The molecule has 0 bridgehead atoms. The van der Waals surface area contributed by atoms with Gasteiger partial charge in [-0.15, -0.1) is 0 Å². The van der Waals surface area contributed by atoms with E-state index in [1.165, 1.54) is 51.9 Å². The Balaban J connectivity index is 1.34. The minimum atomic E-state index is -0.408. The molecule has 1 amide bonds. The van der Waals surface area contributed by atoms with E-state index < -0.39 is 6.10 Å². The molecule has 0 aliphatic carbocycles. The van der Waals surface area contributed by atoms with Gasteiger partial charge in [-0.25, -0.2) is 0 Å². The molecule has 0 aromatic rings. The molecule has 1 atom stereocenters. The Hall–Kier alpha value is -1.14. The predicted octanol–water partition coefficient (Wildman–Crippen LogP) is 1.07. The van der Waals surface area contributed by atoms with Crippen LogP contribution in [0.2, 0.25) is 0 Å². The van der Waals surface area contributed by atoms with Gasteiger partial charge in [0.2, 0.25) is 6.10 Å². The normalized spacial score (nSPS) is 28.4. The van der Waals surface area contributed by atoms with Crippen molar-refractivity contribution in [1.29, 1.82) is 0 Å². The molecular weight excluding hydrogens is 292 g/mol. The molecule has 0 radical (unpaired) electrons. The summed E-state index contributed by atoms with van der Waals surface area (Å²) in [4.78, 5) is 22.3. The van der Waals surface area contributed by atoms with Crippen LogP contribution in [0.15, 0.2) is 5.16 Å². The lowest BCUT2D eigenvalue weighted by molar-refractivity contribution is -0.131. The highest BCUT2D eigenvalue weighted by Gasteiger charge is 2.29. The zero-order chi connectivity index (χ0) is 16.2. The highest BCUT2D eigenvalue weighted by atomic mass is 16.6. The number of nitrogens with zero attached hydrogens (tertiary/aromatic N) is 3. The van der Waals surface area contributed by atoms with Gasteiger partial charge < -0.3 is 20.0 Å². The van der Waals surface area contributed by atoms with Crippen LogP contribution in [-0.2, 0) is 9.63 Å². The quantitative estimate of drug-likeness (QED) is 0.841. The maximum absolute atomic E-state index is 12.1. The number of nitrogens with one attached hydrogen (secondary N) is 1. The van der Waals surface area contributed by atoms with Crippen LogP contribution in [0.1, 0.15) is 39.0 Å². The molecule has 0 unspecified atom stereocenters. The molecule has 6 heteroatoms. The smallest absolute Gasteiger partial charge is 0.264 e. The largest absolute Gasteiger partial charge is 0.382 e. The molecule has 3 rings (SSSR count). The summed E-state index contributed by atoms with van der Waals surface area (Å²) in [6.45, 7) is 7.48. The summed E-state index contributed by atoms with van der Waals surface area (Å²) in [6.07, 6.45) is 5.20. The number of hydrogen-bond acceptors (Lipinski definition) is 5. The lowest BCUT2D eigenvalue weighted by atomic mass is 9.93. The molecule has 0 saturated carbocycles. The fourth-order valence-electron chi connectivity index (χ4n) is 3.88. The van der Waals surface area contributed by atoms with Crippen molar-refractivity contribution in [2.45, 2.75) is 51.2 Å². The molecule has 130 valence electrons. The maximum Gasteiger partial charge on any atom is 0.264 e. The number of oxime groups is 1. The Bertz CT molecular complexity index is 438. The molecule has 0 aromatic heterocycles. The van der Waals surface area contributed by atoms with Crippen LogP contribution < -0.4 is 5.32 Å². The molecule has 0 aromatic carbocycles. The number of rotatable bonds is 4. The monoisotopic (exact) mass is 322 g/mol. The first kappa shape index (κ1) is 16.7. The minimum Gasteiger partial charge on any atom is -0.382 e. The van der Waals surface area contributed by atoms with E-state index >= 15 is 0 Å². The molecular formula is C17H30N4O2. The lowest BCUT2D eigenvalue weighted by Gasteiger charge is -2.41. The summed E-state index contributed by atoms with van der Waals surface area (Å²) in [5, 5.41) is 6.90. The second-order valence-corrected chi connectivity index (χ2v) is 7.38. The Labute approximate surface area is 139 Å². The van der Waals surface area contributed by atoms with Crippen molar-refractivity contribution in [3.8, 4) is 0 Å². The first-order valence-electron chi connectivity index (χ1n) is 9.01. The van der Waals surface area contributed by atoms with Crippen LogP contribution in [0.5, 0.6) is 0 Å². The molecule has 0 spiro atoms. The van der Waals surface area contributed by atoms with Crippen molar-refractivity contribution in [1.82, 2.24) is 15.1 Å². The average Bonchev–Trinajstić information content (AvgIpc) is 3.00. The zero-order valence-electron chi connectivity index (χ0n) is 14.5. The van der Waals surface area contributed by atoms with Crippen molar-refractivity contribution < 1.29 is 9.63 Å². The fraction of sp³-hybridized carbons (Fsp3) is 0.882. The van der Waals surface area contributed by atoms with Gasteiger partial charge in [-0.1, -0.05) is 5.16 Å². The molecule has 2 saturated heterocycles. The SMILES string of the molecule is CC1=NO[C@H](C(=O)NCC2CCN(C3CCN(C)CC3)CC2)C1. The second-order valence-electron chi connectivity index (χ2n) is 7.38. The van der Waals surface area contributed by atoms with E-state index in [1.807, 2.05) is 6.92 Å². The number of likely N-dealkylation sites (tertiary alicyclic amines) is 2. The van der Waals surface area contributed by atoms with Gasteiger partial charge in [-0.2, -0.15) is 0 Å². The summed E-state index contributed by atoms with van der Waals surface area (Å²) in [7, 11) is 2.21. The predicted molar refractivity (Wildman–Crippen MR) is 90.4 cm³/mol. The summed E-state index contributed by atoms with van der Waals surface area (Å²) in [5.74, 6) is 0.591. The van der Waals surface area contributed by atoms with Gasteiger partial charge in [-0.05, 0) is 71.8 Å². The highest BCUT2D eigenvalue weighted by molar-refractivity contribution is 5.91. The third-order valence-electron chi connectivity index (χ3n) is 5.53. The number of amides is 1. The number of carbonyl (C=O) groups is 1. The number of piperidine rings is 2. The van der Waals surface area contributed by atoms with Crippen LogP contribution in [0, 0.1) is 5.92 Å². The number of carbonyl (C=O) groups excluding carboxylic acids is 1. The molecule has 3 heterocycles. The van der Waals surface area contributed by atoms with E-state index in [0.29, 0.717) is 12.3 Å². The molecule has 1 N–H and O–H groups in total. The van der Waals surface area contributed by atoms with Crippen molar-refractivity contribution in [2.75, 3.05) is 39.8 Å². The molecule has 3 aliphatic rings. The van der Waals surface area contributed by atoms with Gasteiger partial charge in [0.05, 0.1) is 5.71 Å². The van der Waals surface area contributed by atoms with Crippen molar-refractivity contribution >= 4 is 11.6 Å². The Kier molecular flexibility index (Phi) is 5.54. The van der Waals surface area contributed by atoms with Crippen molar-refractivity contribution in [3.05, 3.63) is 0 Å². The van der Waals surface area contributed by atoms with E-state index in [-0.39, 0.29) is 5.91 Å². The summed E-state index contributed by atoms with van der Waals surface area (Å²) in [6, 6.07) is 0.772. The van der Waals surface area contributed by atoms with Crippen LogP contribution in [0.3, 0.4) is 0 Å². The standard InChI is InChI=1S/C17H30N4O2/c1-13-11-16(23-19-13)17(22)18-12-14-3-9-21(10-4-14)15-5-7-20(2)8-6-15/h14-16H,3-12H2,1-2H3,(H,18,22)/t16-/m0/s1. The van der Waals surface area contributed by atoms with Gasteiger partial charge in [0.25, 0.3) is 5.91 Å². The van der Waals surface area contributed by atoms with E-state index in [2.05, 4.69) is 27.3 Å². The van der Waals surface area contributed by atoms with Crippen LogP contribution >= 0.6 is 0 Å². The van der Waals surface area contributed by atoms with Gasteiger partial charge in [0, 0.05) is 19.0 Å². The number of hydrogen-bond donors (Lipinski definition) is 1. The maximum atomic E-state index is 12.1. The van der Waals surface area contributed by atoms with Crippen LogP contribution in [0.25, 0.3) is 0 Å². The second kappa shape index (κ2) is 7.62. The minimum absolute atomic E-state index is 0.0108. The lowest BCUT2D eigenvalue weighted by Crippen LogP contribution is -2.48. The molecule has 3 aliphatic heterocycles.